The van der Waals surface area contributed by atoms with E-state index in [1.807, 2.05) is 0 Å². The molecule has 0 aliphatic rings. The van der Waals surface area contributed by atoms with E-state index in [1.54, 1.807) is 7.11 Å². The van der Waals surface area contributed by atoms with E-state index in [4.69, 9.17) is 16.3 Å². The normalized spacial score (nSPS) is 14.1. The van der Waals surface area contributed by atoms with E-state index in [1.165, 1.54) is 6.42 Å². The molecule has 0 amide bonds. The Hall–Kier alpha value is 0.210. The molecule has 1 unspecified atom stereocenters. The van der Waals surface area contributed by atoms with Crippen LogP contribution in [0, 0.1) is 5.92 Å². The van der Waals surface area contributed by atoms with Crippen LogP contribution in [0.3, 0.4) is 0 Å². The maximum atomic E-state index is 6.02. The van der Waals surface area contributed by atoms with Crippen molar-refractivity contribution in [2.75, 3.05) is 33.9 Å². The molecular formula is C10H22ClNO. The van der Waals surface area contributed by atoms with Gasteiger partial charge in [-0.05, 0) is 25.9 Å². The maximum absolute atomic E-state index is 6.02. The topological polar surface area (TPSA) is 12.5 Å². The van der Waals surface area contributed by atoms with Crippen molar-refractivity contribution in [1.82, 2.24) is 4.90 Å². The van der Waals surface area contributed by atoms with Gasteiger partial charge in [-0.25, -0.2) is 0 Å². The van der Waals surface area contributed by atoms with E-state index in [0.717, 1.165) is 19.0 Å². The minimum absolute atomic E-state index is 0.113. The molecule has 0 N–H and O–H groups in total. The Morgan fingerprint density at radius 3 is 2.46 bits per heavy atom. The van der Waals surface area contributed by atoms with Crippen LogP contribution in [0.25, 0.3) is 0 Å². The SMILES string of the molecule is COCC(Cl)CN(C)CCC(C)C. The molecule has 0 spiro atoms. The Bertz CT molecular complexity index is 119. The number of rotatable bonds is 7. The molecule has 13 heavy (non-hydrogen) atoms. The summed E-state index contributed by atoms with van der Waals surface area (Å²) in [4.78, 5) is 2.26. The van der Waals surface area contributed by atoms with Crippen LogP contribution in [0.15, 0.2) is 0 Å². The van der Waals surface area contributed by atoms with Crippen molar-refractivity contribution in [1.29, 1.82) is 0 Å². The van der Waals surface area contributed by atoms with E-state index >= 15 is 0 Å². The van der Waals surface area contributed by atoms with Crippen molar-refractivity contribution < 1.29 is 4.74 Å². The highest BCUT2D eigenvalue weighted by Gasteiger charge is 2.08. The Balaban J connectivity index is 3.43. The minimum atomic E-state index is 0.113. The van der Waals surface area contributed by atoms with Gasteiger partial charge >= 0.3 is 0 Å². The monoisotopic (exact) mass is 207 g/mol. The molecule has 0 fully saturated rings. The summed E-state index contributed by atoms with van der Waals surface area (Å²) in [5.41, 5.74) is 0. The van der Waals surface area contributed by atoms with Crippen molar-refractivity contribution in [3.63, 3.8) is 0 Å². The fourth-order valence-corrected chi connectivity index (χ4v) is 1.50. The van der Waals surface area contributed by atoms with Crippen LogP contribution in [-0.2, 0) is 4.74 Å². The first-order valence-electron chi connectivity index (χ1n) is 4.87. The van der Waals surface area contributed by atoms with Crippen LogP contribution < -0.4 is 0 Å². The molecule has 0 aromatic heterocycles. The average Bonchev–Trinajstić information content (AvgIpc) is 2.01. The molecule has 2 nitrogen and oxygen atoms in total. The first-order chi connectivity index (χ1) is 6.06. The van der Waals surface area contributed by atoms with Crippen LogP contribution in [0.2, 0.25) is 0 Å². The highest BCUT2D eigenvalue weighted by Crippen LogP contribution is 2.03. The second kappa shape index (κ2) is 7.60. The summed E-state index contributed by atoms with van der Waals surface area (Å²) >= 11 is 6.02. The van der Waals surface area contributed by atoms with Gasteiger partial charge < -0.3 is 9.64 Å². The van der Waals surface area contributed by atoms with E-state index < -0.39 is 0 Å². The van der Waals surface area contributed by atoms with Gasteiger partial charge in [0.2, 0.25) is 0 Å². The van der Waals surface area contributed by atoms with Crippen molar-refractivity contribution >= 4 is 11.6 Å². The van der Waals surface area contributed by atoms with Gasteiger partial charge in [-0.2, -0.15) is 0 Å². The zero-order valence-corrected chi connectivity index (χ0v) is 9.97. The van der Waals surface area contributed by atoms with Crippen LogP contribution in [0.5, 0.6) is 0 Å². The largest absolute Gasteiger partial charge is 0.383 e. The number of hydrogen-bond acceptors (Lipinski definition) is 2. The van der Waals surface area contributed by atoms with Gasteiger partial charge in [0, 0.05) is 13.7 Å². The summed E-state index contributed by atoms with van der Waals surface area (Å²) < 4.78 is 4.97. The van der Waals surface area contributed by atoms with Crippen molar-refractivity contribution in [3.05, 3.63) is 0 Å². The second-order valence-corrected chi connectivity index (χ2v) is 4.61. The summed E-state index contributed by atoms with van der Waals surface area (Å²) in [6.45, 7) is 7.13. The van der Waals surface area contributed by atoms with Gasteiger partial charge in [-0.15, -0.1) is 11.6 Å². The molecule has 0 saturated carbocycles. The third-order valence-corrected chi connectivity index (χ3v) is 2.21. The fourth-order valence-electron chi connectivity index (χ4n) is 1.14. The lowest BCUT2D eigenvalue weighted by atomic mass is 10.1. The Labute approximate surface area is 87.2 Å². The zero-order valence-electron chi connectivity index (χ0n) is 9.22. The smallest absolute Gasteiger partial charge is 0.0696 e. The molecule has 0 aliphatic heterocycles. The summed E-state index contributed by atoms with van der Waals surface area (Å²) in [7, 11) is 3.79. The van der Waals surface area contributed by atoms with Crippen LogP contribution in [-0.4, -0.2) is 44.1 Å². The fraction of sp³-hybridized carbons (Fsp3) is 1.00. The molecule has 0 radical (unpaired) electrons. The van der Waals surface area contributed by atoms with Gasteiger partial charge in [0.15, 0.2) is 0 Å². The van der Waals surface area contributed by atoms with Gasteiger partial charge in [-0.1, -0.05) is 13.8 Å². The molecule has 80 valence electrons. The lowest BCUT2D eigenvalue weighted by Gasteiger charge is -2.20. The van der Waals surface area contributed by atoms with Crippen molar-refractivity contribution in [2.24, 2.45) is 5.92 Å². The molecular weight excluding hydrogens is 186 g/mol. The van der Waals surface area contributed by atoms with Gasteiger partial charge in [0.25, 0.3) is 0 Å². The Morgan fingerprint density at radius 2 is 2.00 bits per heavy atom. The van der Waals surface area contributed by atoms with Gasteiger partial charge in [0.1, 0.15) is 0 Å². The number of nitrogens with zero attached hydrogens (tertiary/aromatic N) is 1. The Morgan fingerprint density at radius 1 is 1.38 bits per heavy atom. The van der Waals surface area contributed by atoms with Crippen molar-refractivity contribution in [2.45, 2.75) is 25.6 Å². The number of alkyl halides is 1. The van der Waals surface area contributed by atoms with Crippen LogP contribution in [0.4, 0.5) is 0 Å². The highest BCUT2D eigenvalue weighted by molar-refractivity contribution is 6.20. The predicted octanol–water partition coefficient (Wildman–Crippen LogP) is 2.22. The van der Waals surface area contributed by atoms with Gasteiger partial charge in [0.05, 0.1) is 12.0 Å². The third kappa shape index (κ3) is 8.54. The molecule has 0 aliphatic carbocycles. The summed E-state index contributed by atoms with van der Waals surface area (Å²) in [6.07, 6.45) is 1.23. The number of methoxy groups -OCH3 is 1. The summed E-state index contributed by atoms with van der Waals surface area (Å²) in [5, 5.41) is 0.113. The minimum Gasteiger partial charge on any atom is -0.383 e. The molecule has 0 saturated heterocycles. The standard InChI is InChI=1S/C10H22ClNO/c1-9(2)5-6-12(3)7-10(11)8-13-4/h9-10H,5-8H2,1-4H3. The second-order valence-electron chi connectivity index (χ2n) is 4.00. The highest BCUT2D eigenvalue weighted by atomic mass is 35.5. The number of ether oxygens (including phenoxy) is 1. The van der Waals surface area contributed by atoms with Crippen LogP contribution in [0.1, 0.15) is 20.3 Å². The predicted molar refractivity (Wildman–Crippen MR) is 58.5 cm³/mol. The maximum Gasteiger partial charge on any atom is 0.0696 e. The molecule has 0 aromatic carbocycles. The molecule has 1 atom stereocenters. The quantitative estimate of drug-likeness (QED) is 0.594. The summed E-state index contributed by atoms with van der Waals surface area (Å²) in [5.74, 6) is 0.763. The van der Waals surface area contributed by atoms with Crippen molar-refractivity contribution in [3.8, 4) is 0 Å². The number of hydrogen-bond donors (Lipinski definition) is 0. The molecule has 0 aromatic rings. The molecule has 0 bridgehead atoms. The van der Waals surface area contributed by atoms with Gasteiger partial charge in [-0.3, -0.25) is 0 Å². The first kappa shape index (κ1) is 13.2. The van der Waals surface area contributed by atoms with Crippen LogP contribution >= 0.6 is 11.6 Å². The number of halogens is 1. The Kier molecular flexibility index (Phi) is 7.72. The third-order valence-electron chi connectivity index (χ3n) is 1.95. The average molecular weight is 208 g/mol. The lowest BCUT2D eigenvalue weighted by Crippen LogP contribution is -2.30. The molecule has 3 heteroatoms. The first-order valence-corrected chi connectivity index (χ1v) is 5.31. The lowest BCUT2D eigenvalue weighted by molar-refractivity contribution is 0.181. The molecule has 0 heterocycles. The van der Waals surface area contributed by atoms with E-state index in [2.05, 4.69) is 25.8 Å². The van der Waals surface area contributed by atoms with E-state index in [-0.39, 0.29) is 5.38 Å². The van der Waals surface area contributed by atoms with E-state index in [9.17, 15) is 0 Å². The van der Waals surface area contributed by atoms with E-state index in [0.29, 0.717) is 6.61 Å². The zero-order chi connectivity index (χ0) is 10.3. The molecule has 0 rings (SSSR count). The summed E-state index contributed by atoms with van der Waals surface area (Å²) in [6, 6.07) is 0.